The Morgan fingerprint density at radius 3 is 2.63 bits per heavy atom. The molecule has 0 bridgehead atoms. The van der Waals surface area contributed by atoms with Crippen LogP contribution in [0.15, 0.2) is 84.5 Å². The second kappa shape index (κ2) is 8.36. The van der Waals surface area contributed by atoms with E-state index in [4.69, 9.17) is 9.47 Å². The Morgan fingerprint density at radius 2 is 1.90 bits per heavy atom. The van der Waals surface area contributed by atoms with E-state index in [0.29, 0.717) is 0 Å². The number of H-pyrrole nitrogens is 1. The number of aromatic amines is 1. The Labute approximate surface area is 177 Å². The molecule has 0 amide bonds. The maximum atomic E-state index is 6.48. The van der Waals surface area contributed by atoms with Crippen molar-refractivity contribution >= 4 is 0 Å². The van der Waals surface area contributed by atoms with E-state index in [-0.39, 0.29) is 5.41 Å². The first-order chi connectivity index (χ1) is 14.8. The van der Waals surface area contributed by atoms with E-state index in [2.05, 4.69) is 58.0 Å². The fourth-order valence-electron chi connectivity index (χ4n) is 4.59. The summed E-state index contributed by atoms with van der Waals surface area (Å²) in [6, 6.07) is 8.79. The lowest BCUT2D eigenvalue weighted by Gasteiger charge is -2.40. The minimum absolute atomic E-state index is 0.180. The fourth-order valence-corrected chi connectivity index (χ4v) is 4.59. The van der Waals surface area contributed by atoms with Crippen LogP contribution in [0.25, 0.3) is 11.1 Å². The number of ether oxygens (including phenoxy) is 2. The molecule has 3 heterocycles. The summed E-state index contributed by atoms with van der Waals surface area (Å²) >= 11 is 0. The van der Waals surface area contributed by atoms with Gasteiger partial charge in [0.1, 0.15) is 24.0 Å². The molecule has 154 valence electrons. The predicted octanol–water partition coefficient (Wildman–Crippen LogP) is 5.09. The van der Waals surface area contributed by atoms with E-state index in [1.807, 2.05) is 12.4 Å². The maximum absolute atomic E-state index is 6.48. The molecular weight excluding hydrogens is 374 g/mol. The lowest BCUT2D eigenvalue weighted by atomic mass is 9.71. The van der Waals surface area contributed by atoms with Gasteiger partial charge in [0.15, 0.2) is 0 Å². The number of piperidine rings is 1. The smallest absolute Gasteiger partial charge is 0.149 e. The third kappa shape index (κ3) is 3.73. The summed E-state index contributed by atoms with van der Waals surface area (Å²) in [7, 11) is 0. The van der Waals surface area contributed by atoms with Crippen molar-refractivity contribution in [3.63, 3.8) is 0 Å². The average Bonchev–Trinajstić information content (AvgIpc) is 3.36. The number of allylic oxidation sites excluding steroid dienone is 5. The lowest BCUT2D eigenvalue weighted by Crippen LogP contribution is -2.42. The Hall–Kier alpha value is -3.05. The molecule has 30 heavy (non-hydrogen) atoms. The fraction of sp³-hybridized carbons (Fsp3) is 0.320. The number of rotatable bonds is 5. The van der Waals surface area contributed by atoms with Crippen molar-refractivity contribution in [3.8, 4) is 11.1 Å². The number of hydrogen-bond donors (Lipinski definition) is 2. The predicted molar refractivity (Wildman–Crippen MR) is 117 cm³/mol. The van der Waals surface area contributed by atoms with E-state index in [9.17, 15) is 0 Å². The van der Waals surface area contributed by atoms with Gasteiger partial charge in [-0.25, -0.2) is 0 Å². The Bertz CT molecular complexity index is 992. The first-order valence-electron chi connectivity index (χ1n) is 10.7. The highest BCUT2D eigenvalue weighted by atomic mass is 16.5. The van der Waals surface area contributed by atoms with Gasteiger partial charge in [-0.2, -0.15) is 5.10 Å². The molecular formula is C25H27N3O2. The topological polar surface area (TPSA) is 59.2 Å². The summed E-state index contributed by atoms with van der Waals surface area (Å²) < 4.78 is 12.3. The molecule has 2 aromatic rings. The maximum Gasteiger partial charge on any atom is 0.149 e. The number of benzene rings is 1. The lowest BCUT2D eigenvalue weighted by molar-refractivity contribution is 0.149. The van der Waals surface area contributed by atoms with Crippen LogP contribution in [-0.4, -0.2) is 23.3 Å². The molecule has 2 N–H and O–H groups in total. The van der Waals surface area contributed by atoms with E-state index in [1.54, 1.807) is 12.5 Å². The molecule has 1 aromatic carbocycles. The van der Waals surface area contributed by atoms with Crippen LogP contribution >= 0.6 is 0 Å². The van der Waals surface area contributed by atoms with Crippen LogP contribution < -0.4 is 5.32 Å². The summed E-state index contributed by atoms with van der Waals surface area (Å²) in [5, 5.41) is 10.4. The zero-order valence-corrected chi connectivity index (χ0v) is 17.1. The van der Waals surface area contributed by atoms with Gasteiger partial charge in [-0.15, -0.1) is 0 Å². The third-order valence-corrected chi connectivity index (χ3v) is 6.31. The molecule has 5 rings (SSSR count). The van der Waals surface area contributed by atoms with Gasteiger partial charge in [0, 0.05) is 18.2 Å². The highest BCUT2D eigenvalue weighted by Crippen LogP contribution is 2.44. The van der Waals surface area contributed by atoms with Gasteiger partial charge in [-0.1, -0.05) is 48.1 Å². The van der Waals surface area contributed by atoms with Gasteiger partial charge < -0.3 is 14.8 Å². The molecule has 2 aliphatic heterocycles. The summed E-state index contributed by atoms with van der Waals surface area (Å²) in [4.78, 5) is 0. The summed E-state index contributed by atoms with van der Waals surface area (Å²) in [6.45, 7) is 1.92. The van der Waals surface area contributed by atoms with Crippen LogP contribution in [0.2, 0.25) is 0 Å². The summed E-state index contributed by atoms with van der Waals surface area (Å²) in [6.07, 6.45) is 18.8. The average molecular weight is 402 g/mol. The van der Waals surface area contributed by atoms with E-state index < -0.39 is 0 Å². The van der Waals surface area contributed by atoms with E-state index in [1.165, 1.54) is 11.1 Å². The Balaban J connectivity index is 1.40. The minimum Gasteiger partial charge on any atom is -0.466 e. The molecule has 1 saturated heterocycles. The normalized spacial score (nSPS) is 20.5. The van der Waals surface area contributed by atoms with E-state index >= 15 is 0 Å². The largest absolute Gasteiger partial charge is 0.466 e. The van der Waals surface area contributed by atoms with Crippen LogP contribution in [0.3, 0.4) is 0 Å². The van der Waals surface area contributed by atoms with Crippen LogP contribution in [0.1, 0.15) is 37.7 Å². The zero-order valence-electron chi connectivity index (χ0n) is 17.1. The van der Waals surface area contributed by atoms with E-state index in [0.717, 1.165) is 67.8 Å². The second-order valence-corrected chi connectivity index (χ2v) is 8.17. The summed E-state index contributed by atoms with van der Waals surface area (Å²) in [5.41, 5.74) is 4.73. The SMILES string of the molecule is C1=CCCC(CC2=COC=C(C3(c4ccc(-c5cn[nH]c5)cc4)CCNCC3)O2)=C1. The highest BCUT2D eigenvalue weighted by Gasteiger charge is 2.41. The molecule has 0 atom stereocenters. The zero-order chi connectivity index (χ0) is 20.2. The first kappa shape index (κ1) is 18.9. The molecule has 0 saturated carbocycles. The number of aromatic nitrogens is 2. The summed E-state index contributed by atoms with van der Waals surface area (Å²) in [5.74, 6) is 1.81. The van der Waals surface area contributed by atoms with Crippen molar-refractivity contribution in [3.05, 3.63) is 90.1 Å². The van der Waals surface area contributed by atoms with Crippen molar-refractivity contribution in [1.82, 2.24) is 15.5 Å². The number of nitrogens with zero attached hydrogens (tertiary/aromatic N) is 1. The highest BCUT2D eigenvalue weighted by molar-refractivity contribution is 5.62. The molecule has 0 radical (unpaired) electrons. The second-order valence-electron chi connectivity index (χ2n) is 8.17. The molecule has 0 unspecified atom stereocenters. The van der Waals surface area contributed by atoms with Gasteiger partial charge in [0.05, 0.1) is 11.6 Å². The van der Waals surface area contributed by atoms with Gasteiger partial charge in [0.2, 0.25) is 0 Å². The van der Waals surface area contributed by atoms with Crippen molar-refractivity contribution in [2.24, 2.45) is 0 Å². The quantitative estimate of drug-likeness (QED) is 0.732. The first-order valence-corrected chi connectivity index (χ1v) is 10.7. The Morgan fingerprint density at radius 1 is 1.03 bits per heavy atom. The van der Waals surface area contributed by atoms with Crippen LogP contribution in [0.5, 0.6) is 0 Å². The van der Waals surface area contributed by atoms with Gasteiger partial charge >= 0.3 is 0 Å². The molecule has 1 aromatic heterocycles. The van der Waals surface area contributed by atoms with Crippen LogP contribution in [0, 0.1) is 0 Å². The molecule has 5 nitrogen and oxygen atoms in total. The van der Waals surface area contributed by atoms with Gasteiger partial charge in [-0.3, -0.25) is 5.10 Å². The Kier molecular flexibility index (Phi) is 5.28. The van der Waals surface area contributed by atoms with Crippen molar-refractivity contribution < 1.29 is 9.47 Å². The molecule has 1 fully saturated rings. The van der Waals surface area contributed by atoms with Crippen molar-refractivity contribution in [2.45, 2.75) is 37.5 Å². The monoisotopic (exact) mass is 401 g/mol. The number of nitrogens with one attached hydrogen (secondary N) is 2. The van der Waals surface area contributed by atoms with Crippen LogP contribution in [0.4, 0.5) is 0 Å². The minimum atomic E-state index is -0.180. The standard InChI is InChI=1S/C25H27N3O2/c1-2-4-19(5-3-1)14-23-17-29-18-24(30-23)25(10-12-26-13-11-25)22-8-6-20(7-9-22)21-15-27-28-16-21/h1-2,4,6-9,15-18,26H,3,5,10-14H2,(H,27,28). The van der Waals surface area contributed by atoms with Gasteiger partial charge in [-0.05, 0) is 49.9 Å². The number of hydrogen-bond acceptors (Lipinski definition) is 4. The molecule has 5 heteroatoms. The van der Waals surface area contributed by atoms with Gasteiger partial charge in [0.25, 0.3) is 0 Å². The third-order valence-electron chi connectivity index (χ3n) is 6.31. The molecule has 3 aliphatic rings. The molecule has 0 spiro atoms. The van der Waals surface area contributed by atoms with Crippen molar-refractivity contribution in [2.75, 3.05) is 13.1 Å². The van der Waals surface area contributed by atoms with Crippen molar-refractivity contribution in [1.29, 1.82) is 0 Å². The molecule has 1 aliphatic carbocycles. The van der Waals surface area contributed by atoms with Crippen LogP contribution in [-0.2, 0) is 14.9 Å².